The van der Waals surface area contributed by atoms with E-state index in [1.54, 1.807) is 24.3 Å². The van der Waals surface area contributed by atoms with Crippen molar-refractivity contribution in [2.45, 2.75) is 0 Å². The predicted octanol–water partition coefficient (Wildman–Crippen LogP) is 5.24. The van der Waals surface area contributed by atoms with Crippen LogP contribution in [0.3, 0.4) is 0 Å². The van der Waals surface area contributed by atoms with E-state index < -0.39 is 0 Å². The zero-order valence-corrected chi connectivity index (χ0v) is 12.5. The van der Waals surface area contributed by atoms with Crippen LogP contribution in [0.15, 0.2) is 45.3 Å². The van der Waals surface area contributed by atoms with Crippen LogP contribution in [0.1, 0.15) is 0 Å². The lowest BCUT2D eigenvalue weighted by Gasteiger charge is -2.10. The topological polar surface area (TPSA) is 35.2 Å². The van der Waals surface area contributed by atoms with Gasteiger partial charge in [-0.15, -0.1) is 0 Å². The summed E-state index contributed by atoms with van der Waals surface area (Å²) in [5.74, 6) is 1.27. The van der Waals surface area contributed by atoms with Crippen LogP contribution in [-0.4, -0.2) is 0 Å². The zero-order valence-electron chi connectivity index (χ0n) is 8.58. The molecule has 0 fully saturated rings. The maximum atomic E-state index is 5.86. The van der Waals surface area contributed by atoms with Gasteiger partial charge < -0.3 is 10.5 Å². The number of benzene rings is 2. The molecule has 0 aliphatic heterocycles. The molecule has 0 saturated carbocycles. The minimum absolute atomic E-state index is 0.579. The molecule has 88 valence electrons. The van der Waals surface area contributed by atoms with E-state index >= 15 is 0 Å². The Balaban J connectivity index is 2.34. The van der Waals surface area contributed by atoms with Crippen molar-refractivity contribution in [1.82, 2.24) is 0 Å². The van der Waals surface area contributed by atoms with Crippen molar-refractivity contribution in [1.29, 1.82) is 0 Å². The summed E-state index contributed by atoms with van der Waals surface area (Å²) in [5, 5.41) is 0.645. The highest BCUT2D eigenvalue weighted by atomic mass is 79.9. The number of ether oxygens (including phenoxy) is 1. The van der Waals surface area contributed by atoms with Crippen LogP contribution in [0.25, 0.3) is 0 Å². The molecule has 0 atom stereocenters. The van der Waals surface area contributed by atoms with Gasteiger partial charge in [-0.1, -0.05) is 27.5 Å². The average Bonchev–Trinajstić information content (AvgIpc) is 2.27. The molecule has 0 unspecified atom stereocenters. The summed E-state index contributed by atoms with van der Waals surface area (Å²) >= 11 is 12.6. The Morgan fingerprint density at radius 3 is 2.47 bits per heavy atom. The first-order valence-electron chi connectivity index (χ1n) is 4.74. The summed E-state index contributed by atoms with van der Waals surface area (Å²) in [4.78, 5) is 0. The van der Waals surface area contributed by atoms with Crippen LogP contribution < -0.4 is 10.5 Å². The second-order valence-electron chi connectivity index (χ2n) is 3.36. The van der Waals surface area contributed by atoms with E-state index in [1.807, 2.05) is 12.1 Å². The van der Waals surface area contributed by atoms with Crippen molar-refractivity contribution in [3.05, 3.63) is 50.4 Å². The first-order valence-corrected chi connectivity index (χ1v) is 6.70. The Hall–Kier alpha value is -0.710. The number of hydrogen-bond donors (Lipinski definition) is 1. The smallest absolute Gasteiger partial charge is 0.151 e. The Morgan fingerprint density at radius 2 is 1.76 bits per heavy atom. The van der Waals surface area contributed by atoms with Gasteiger partial charge in [0, 0.05) is 9.50 Å². The second-order valence-corrected chi connectivity index (χ2v) is 5.57. The largest absolute Gasteiger partial charge is 0.454 e. The number of rotatable bonds is 2. The number of hydrogen-bond acceptors (Lipinski definition) is 2. The molecule has 5 heteroatoms. The lowest BCUT2D eigenvalue weighted by atomic mass is 10.3. The molecular weight excluding hydrogens is 369 g/mol. The molecule has 2 nitrogen and oxygen atoms in total. The van der Waals surface area contributed by atoms with Crippen LogP contribution in [-0.2, 0) is 0 Å². The second kappa shape index (κ2) is 5.29. The molecule has 0 spiro atoms. The molecule has 2 rings (SSSR count). The van der Waals surface area contributed by atoms with Crippen molar-refractivity contribution in [3.63, 3.8) is 0 Å². The molecule has 0 aliphatic carbocycles. The third-order valence-corrected chi connectivity index (χ3v) is 3.44. The monoisotopic (exact) mass is 375 g/mol. The molecule has 0 aromatic heterocycles. The van der Waals surface area contributed by atoms with E-state index in [0.717, 1.165) is 8.95 Å². The van der Waals surface area contributed by atoms with E-state index in [1.165, 1.54) is 0 Å². The highest BCUT2D eigenvalue weighted by molar-refractivity contribution is 9.10. The normalized spacial score (nSPS) is 10.3. The molecule has 0 bridgehead atoms. The van der Waals surface area contributed by atoms with Crippen molar-refractivity contribution in [2.75, 3.05) is 5.73 Å². The number of nitrogen functional groups attached to an aromatic ring is 1. The highest BCUT2D eigenvalue weighted by Crippen LogP contribution is 2.35. The van der Waals surface area contributed by atoms with E-state index in [2.05, 4.69) is 31.9 Å². The van der Waals surface area contributed by atoms with Crippen LogP contribution in [0.2, 0.25) is 5.02 Å². The number of anilines is 1. The quantitative estimate of drug-likeness (QED) is 0.727. The number of nitrogens with two attached hydrogens (primary N) is 1. The van der Waals surface area contributed by atoms with Gasteiger partial charge in [-0.05, 0) is 52.3 Å². The first kappa shape index (κ1) is 12.7. The first-order chi connectivity index (χ1) is 8.06. The van der Waals surface area contributed by atoms with Gasteiger partial charge in [-0.2, -0.15) is 0 Å². The third-order valence-electron chi connectivity index (χ3n) is 2.09. The Kier molecular flexibility index (Phi) is 3.97. The number of halogens is 3. The van der Waals surface area contributed by atoms with Gasteiger partial charge in [0.2, 0.25) is 0 Å². The third kappa shape index (κ3) is 3.15. The van der Waals surface area contributed by atoms with Gasteiger partial charge in [0.15, 0.2) is 5.75 Å². The van der Waals surface area contributed by atoms with Gasteiger partial charge >= 0.3 is 0 Å². The fraction of sp³-hybridized carbons (Fsp3) is 0. The highest BCUT2D eigenvalue weighted by Gasteiger charge is 2.06. The summed E-state index contributed by atoms with van der Waals surface area (Å²) in [6, 6.07) is 10.8. The fourth-order valence-corrected chi connectivity index (χ4v) is 2.38. The molecule has 0 heterocycles. The standard InChI is InChI=1S/C12H8Br2ClNO/c13-7-1-3-10(16)12(5-7)17-11-4-2-8(15)6-9(11)14/h1-6H,16H2. The molecule has 0 radical (unpaired) electrons. The Labute approximate surface area is 121 Å². The van der Waals surface area contributed by atoms with Crippen LogP contribution in [0, 0.1) is 0 Å². The summed E-state index contributed by atoms with van der Waals surface area (Å²) in [5.41, 5.74) is 6.41. The minimum Gasteiger partial charge on any atom is -0.454 e. The van der Waals surface area contributed by atoms with Crippen molar-refractivity contribution in [3.8, 4) is 11.5 Å². The lowest BCUT2D eigenvalue weighted by molar-refractivity contribution is 0.481. The van der Waals surface area contributed by atoms with Gasteiger partial charge in [0.05, 0.1) is 10.2 Å². The maximum absolute atomic E-state index is 5.86. The summed E-state index contributed by atoms with van der Waals surface area (Å²) in [7, 11) is 0. The minimum atomic E-state index is 0.579. The van der Waals surface area contributed by atoms with Crippen LogP contribution >= 0.6 is 43.5 Å². The van der Waals surface area contributed by atoms with E-state index in [0.29, 0.717) is 22.2 Å². The van der Waals surface area contributed by atoms with E-state index in [4.69, 9.17) is 22.1 Å². The Bertz CT molecular complexity index is 560. The van der Waals surface area contributed by atoms with Crippen molar-refractivity contribution in [2.24, 2.45) is 0 Å². The predicted molar refractivity (Wildman–Crippen MR) is 77.8 cm³/mol. The van der Waals surface area contributed by atoms with Gasteiger partial charge in [0.25, 0.3) is 0 Å². The average molecular weight is 377 g/mol. The lowest BCUT2D eigenvalue weighted by Crippen LogP contribution is -1.92. The van der Waals surface area contributed by atoms with Gasteiger partial charge in [-0.25, -0.2) is 0 Å². The summed E-state index contributed by atoms with van der Waals surface area (Å²) < 4.78 is 7.41. The SMILES string of the molecule is Nc1ccc(Br)cc1Oc1ccc(Cl)cc1Br. The fourth-order valence-electron chi connectivity index (χ4n) is 1.27. The summed E-state index contributed by atoms with van der Waals surface area (Å²) in [6.45, 7) is 0. The van der Waals surface area contributed by atoms with Crippen molar-refractivity contribution < 1.29 is 4.74 Å². The summed E-state index contributed by atoms with van der Waals surface area (Å²) in [6.07, 6.45) is 0. The molecule has 0 amide bonds. The van der Waals surface area contributed by atoms with E-state index in [-0.39, 0.29) is 0 Å². The van der Waals surface area contributed by atoms with E-state index in [9.17, 15) is 0 Å². The molecule has 2 N–H and O–H groups in total. The molecule has 0 aliphatic rings. The maximum Gasteiger partial charge on any atom is 0.151 e. The van der Waals surface area contributed by atoms with Crippen LogP contribution in [0.5, 0.6) is 11.5 Å². The molecule has 0 saturated heterocycles. The molecule has 17 heavy (non-hydrogen) atoms. The van der Waals surface area contributed by atoms with Crippen molar-refractivity contribution >= 4 is 49.1 Å². The van der Waals surface area contributed by atoms with Gasteiger partial charge in [-0.3, -0.25) is 0 Å². The zero-order chi connectivity index (χ0) is 12.4. The molecule has 2 aromatic carbocycles. The Morgan fingerprint density at radius 1 is 1.00 bits per heavy atom. The van der Waals surface area contributed by atoms with Crippen LogP contribution in [0.4, 0.5) is 5.69 Å². The molecule has 2 aromatic rings. The van der Waals surface area contributed by atoms with Gasteiger partial charge in [0.1, 0.15) is 5.75 Å². The molecular formula is C12H8Br2ClNO.